The number of carbonyl (C=O) groups excluding carboxylic acids is 1. The molecule has 0 aliphatic rings. The SMILES string of the molecule is Cc1nn(C)cc1C(=O)NC(CC(=O)O)C(C)C. The Bertz CT molecular complexity index is 451. The molecule has 0 aliphatic carbocycles. The second-order valence-electron chi connectivity index (χ2n) is 4.72. The van der Waals surface area contributed by atoms with Crippen LogP contribution in [0.2, 0.25) is 0 Å². The fourth-order valence-electron chi connectivity index (χ4n) is 1.71. The van der Waals surface area contributed by atoms with E-state index in [1.807, 2.05) is 13.8 Å². The number of carboxylic acids is 1. The molecular weight excluding hydrogens is 234 g/mol. The lowest BCUT2D eigenvalue weighted by Gasteiger charge is -2.20. The maximum Gasteiger partial charge on any atom is 0.305 e. The van der Waals surface area contributed by atoms with Gasteiger partial charge in [0.15, 0.2) is 0 Å². The van der Waals surface area contributed by atoms with Gasteiger partial charge in [0.05, 0.1) is 17.7 Å². The van der Waals surface area contributed by atoms with Crippen molar-refractivity contribution in [1.82, 2.24) is 15.1 Å². The lowest BCUT2D eigenvalue weighted by molar-refractivity contribution is -0.137. The minimum atomic E-state index is -0.920. The van der Waals surface area contributed by atoms with Gasteiger partial charge >= 0.3 is 5.97 Å². The smallest absolute Gasteiger partial charge is 0.305 e. The van der Waals surface area contributed by atoms with E-state index in [0.29, 0.717) is 11.3 Å². The molecule has 6 nitrogen and oxygen atoms in total. The van der Waals surface area contributed by atoms with Gasteiger partial charge in [-0.1, -0.05) is 13.8 Å². The number of aromatic nitrogens is 2. The maximum absolute atomic E-state index is 12.0. The number of hydrogen-bond acceptors (Lipinski definition) is 3. The Balaban J connectivity index is 2.78. The monoisotopic (exact) mass is 253 g/mol. The first kappa shape index (κ1) is 14.2. The number of rotatable bonds is 5. The zero-order valence-electron chi connectivity index (χ0n) is 11.1. The highest BCUT2D eigenvalue weighted by molar-refractivity contribution is 5.95. The van der Waals surface area contributed by atoms with Crippen LogP contribution in [0.5, 0.6) is 0 Å². The quantitative estimate of drug-likeness (QED) is 0.818. The third kappa shape index (κ3) is 3.58. The van der Waals surface area contributed by atoms with E-state index in [2.05, 4.69) is 10.4 Å². The predicted octanol–water partition coefficient (Wildman–Crippen LogP) is 0.958. The summed E-state index contributed by atoms with van der Waals surface area (Å²) in [6.07, 6.45) is 1.55. The summed E-state index contributed by atoms with van der Waals surface area (Å²) in [5.74, 6) is -1.14. The van der Waals surface area contributed by atoms with Crippen LogP contribution in [-0.2, 0) is 11.8 Å². The molecule has 2 N–H and O–H groups in total. The molecule has 0 radical (unpaired) electrons. The highest BCUT2D eigenvalue weighted by Gasteiger charge is 2.21. The van der Waals surface area contributed by atoms with Crippen LogP contribution in [0.1, 0.15) is 36.3 Å². The van der Waals surface area contributed by atoms with Crippen molar-refractivity contribution in [2.24, 2.45) is 13.0 Å². The van der Waals surface area contributed by atoms with Gasteiger partial charge in [-0.2, -0.15) is 5.10 Å². The Morgan fingerprint density at radius 1 is 1.50 bits per heavy atom. The fraction of sp³-hybridized carbons (Fsp3) is 0.583. The van der Waals surface area contributed by atoms with E-state index in [-0.39, 0.29) is 24.3 Å². The van der Waals surface area contributed by atoms with Crippen LogP contribution in [0.3, 0.4) is 0 Å². The van der Waals surface area contributed by atoms with Gasteiger partial charge in [-0.3, -0.25) is 14.3 Å². The summed E-state index contributed by atoms with van der Waals surface area (Å²) in [6.45, 7) is 5.50. The second kappa shape index (κ2) is 5.66. The summed E-state index contributed by atoms with van der Waals surface area (Å²) < 4.78 is 1.56. The van der Waals surface area contributed by atoms with Crippen molar-refractivity contribution < 1.29 is 14.7 Å². The molecule has 0 spiro atoms. The van der Waals surface area contributed by atoms with Crippen LogP contribution in [0.25, 0.3) is 0 Å². The minimum Gasteiger partial charge on any atom is -0.481 e. The average Bonchev–Trinajstić information content (AvgIpc) is 2.56. The molecule has 0 saturated heterocycles. The molecule has 0 aliphatic heterocycles. The lowest BCUT2D eigenvalue weighted by Crippen LogP contribution is -2.40. The highest BCUT2D eigenvalue weighted by atomic mass is 16.4. The number of aliphatic carboxylic acids is 1. The summed E-state index contributed by atoms with van der Waals surface area (Å²) >= 11 is 0. The van der Waals surface area contributed by atoms with Crippen molar-refractivity contribution in [3.63, 3.8) is 0 Å². The van der Waals surface area contributed by atoms with Crippen molar-refractivity contribution in [2.75, 3.05) is 0 Å². The van der Waals surface area contributed by atoms with Crippen LogP contribution < -0.4 is 5.32 Å². The molecule has 0 saturated carbocycles. The molecule has 1 amide bonds. The first-order chi connectivity index (χ1) is 8.31. The number of carboxylic acid groups (broad SMARTS) is 1. The van der Waals surface area contributed by atoms with Gasteiger partial charge in [0, 0.05) is 19.3 Å². The molecule has 1 unspecified atom stereocenters. The Labute approximate surface area is 106 Å². The van der Waals surface area contributed by atoms with E-state index < -0.39 is 5.97 Å². The molecule has 6 heteroatoms. The van der Waals surface area contributed by atoms with E-state index in [9.17, 15) is 9.59 Å². The normalized spacial score (nSPS) is 12.5. The Morgan fingerprint density at radius 3 is 2.50 bits per heavy atom. The summed E-state index contributed by atoms with van der Waals surface area (Å²) in [5, 5.41) is 15.6. The molecule has 1 atom stereocenters. The van der Waals surface area contributed by atoms with Crippen LogP contribution in [0.4, 0.5) is 0 Å². The van der Waals surface area contributed by atoms with Gasteiger partial charge in [-0.25, -0.2) is 0 Å². The van der Waals surface area contributed by atoms with Crippen LogP contribution in [0.15, 0.2) is 6.20 Å². The van der Waals surface area contributed by atoms with Gasteiger partial charge < -0.3 is 10.4 Å². The molecule has 1 rings (SSSR count). The number of carbonyl (C=O) groups is 2. The van der Waals surface area contributed by atoms with Crippen LogP contribution >= 0.6 is 0 Å². The van der Waals surface area contributed by atoms with Crippen molar-refractivity contribution in [2.45, 2.75) is 33.2 Å². The first-order valence-corrected chi connectivity index (χ1v) is 5.84. The zero-order valence-corrected chi connectivity index (χ0v) is 11.1. The minimum absolute atomic E-state index is 0.0574. The summed E-state index contributed by atoms with van der Waals surface area (Å²) in [5.41, 5.74) is 1.11. The van der Waals surface area contributed by atoms with E-state index >= 15 is 0 Å². The molecule has 100 valence electrons. The third-order valence-corrected chi connectivity index (χ3v) is 2.77. The topological polar surface area (TPSA) is 84.2 Å². The number of nitrogens with one attached hydrogen (secondary N) is 1. The first-order valence-electron chi connectivity index (χ1n) is 5.84. The van der Waals surface area contributed by atoms with E-state index in [1.54, 1.807) is 24.9 Å². The molecule has 0 fully saturated rings. The van der Waals surface area contributed by atoms with E-state index in [0.717, 1.165) is 0 Å². The zero-order chi connectivity index (χ0) is 13.9. The maximum atomic E-state index is 12.0. The highest BCUT2D eigenvalue weighted by Crippen LogP contribution is 2.10. The number of amides is 1. The Morgan fingerprint density at radius 2 is 2.11 bits per heavy atom. The van der Waals surface area contributed by atoms with Crippen molar-refractivity contribution in [3.8, 4) is 0 Å². The molecule has 0 aromatic carbocycles. The van der Waals surface area contributed by atoms with E-state index in [4.69, 9.17) is 5.11 Å². The van der Waals surface area contributed by atoms with Crippen molar-refractivity contribution in [3.05, 3.63) is 17.5 Å². The van der Waals surface area contributed by atoms with Gasteiger partial charge in [-0.05, 0) is 12.8 Å². The summed E-state index contributed by atoms with van der Waals surface area (Å²) in [6, 6.07) is -0.380. The summed E-state index contributed by atoms with van der Waals surface area (Å²) in [4.78, 5) is 22.8. The Hall–Kier alpha value is -1.85. The van der Waals surface area contributed by atoms with Crippen molar-refractivity contribution >= 4 is 11.9 Å². The van der Waals surface area contributed by atoms with Crippen LogP contribution in [-0.4, -0.2) is 32.8 Å². The van der Waals surface area contributed by atoms with Crippen molar-refractivity contribution in [1.29, 1.82) is 0 Å². The van der Waals surface area contributed by atoms with Gasteiger partial charge in [0.25, 0.3) is 5.91 Å². The second-order valence-corrected chi connectivity index (χ2v) is 4.72. The molecule has 18 heavy (non-hydrogen) atoms. The Kier molecular flexibility index (Phi) is 4.47. The molecular formula is C12H19N3O3. The lowest BCUT2D eigenvalue weighted by atomic mass is 10.0. The van der Waals surface area contributed by atoms with Gasteiger partial charge in [0.2, 0.25) is 0 Å². The molecule has 1 heterocycles. The molecule has 1 aromatic rings. The average molecular weight is 253 g/mol. The molecule has 0 bridgehead atoms. The predicted molar refractivity (Wildman–Crippen MR) is 66.3 cm³/mol. The number of aryl methyl sites for hydroxylation is 2. The van der Waals surface area contributed by atoms with E-state index in [1.165, 1.54) is 0 Å². The molecule has 1 aromatic heterocycles. The standard InChI is InChI=1S/C12H19N3O3/c1-7(2)10(5-11(16)17)13-12(18)9-6-15(4)14-8(9)3/h6-7,10H,5H2,1-4H3,(H,13,18)(H,16,17). The van der Waals surface area contributed by atoms with Crippen LogP contribution in [0, 0.1) is 12.8 Å². The fourth-order valence-corrected chi connectivity index (χ4v) is 1.71. The summed E-state index contributed by atoms with van der Waals surface area (Å²) in [7, 11) is 1.74. The van der Waals surface area contributed by atoms with Gasteiger partial charge in [-0.15, -0.1) is 0 Å². The number of hydrogen-bond donors (Lipinski definition) is 2. The number of nitrogens with zero attached hydrogens (tertiary/aromatic N) is 2. The largest absolute Gasteiger partial charge is 0.481 e. The van der Waals surface area contributed by atoms with Gasteiger partial charge in [0.1, 0.15) is 0 Å². The third-order valence-electron chi connectivity index (χ3n) is 2.77.